The van der Waals surface area contributed by atoms with Crippen LogP contribution in [0.5, 0.6) is 0 Å². The van der Waals surface area contributed by atoms with E-state index in [0.717, 1.165) is 17.4 Å². The number of ketones is 1. The predicted molar refractivity (Wildman–Crippen MR) is 102 cm³/mol. The second-order valence-corrected chi connectivity index (χ2v) is 6.58. The zero-order valence-electron chi connectivity index (χ0n) is 14.6. The van der Waals surface area contributed by atoms with Crippen LogP contribution in [0.2, 0.25) is 0 Å². The molecule has 1 nitrogen and oxygen atoms in total. The normalized spacial score (nSPS) is 11.0. The van der Waals surface area contributed by atoms with Crippen molar-refractivity contribution in [2.75, 3.05) is 0 Å². The lowest BCUT2D eigenvalue weighted by Gasteiger charge is -2.06. The number of hydrogen-bond acceptors (Lipinski definition) is 1. The van der Waals surface area contributed by atoms with Crippen molar-refractivity contribution in [3.8, 4) is 0 Å². The van der Waals surface area contributed by atoms with Crippen LogP contribution in [0.25, 0.3) is 10.8 Å². The summed E-state index contributed by atoms with van der Waals surface area (Å²) in [6.07, 6.45) is 5.11. The molecule has 128 valence electrons. The molecule has 0 aromatic heterocycles. The van der Waals surface area contributed by atoms with Crippen molar-refractivity contribution in [3.05, 3.63) is 83.2 Å². The van der Waals surface area contributed by atoms with Gasteiger partial charge in [0.2, 0.25) is 0 Å². The number of benzene rings is 3. The maximum Gasteiger partial charge on any atom is 0.167 e. The molecule has 0 aliphatic rings. The Morgan fingerprint density at radius 1 is 0.840 bits per heavy atom. The van der Waals surface area contributed by atoms with Gasteiger partial charge >= 0.3 is 0 Å². The molecule has 0 saturated heterocycles. The summed E-state index contributed by atoms with van der Waals surface area (Å²) in [5.41, 5.74) is 2.89. The molecule has 0 bridgehead atoms. The zero-order valence-corrected chi connectivity index (χ0v) is 14.6. The summed E-state index contributed by atoms with van der Waals surface area (Å²) in [4.78, 5) is 12.5. The molecule has 0 saturated carbocycles. The highest BCUT2D eigenvalue weighted by molar-refractivity contribution is 6.01. The van der Waals surface area contributed by atoms with Gasteiger partial charge in [-0.05, 0) is 52.9 Å². The Morgan fingerprint density at radius 2 is 1.52 bits per heavy atom. The van der Waals surface area contributed by atoms with Crippen molar-refractivity contribution in [1.29, 1.82) is 0 Å². The summed E-state index contributed by atoms with van der Waals surface area (Å²) in [5, 5.41) is 2.26. The lowest BCUT2D eigenvalue weighted by Crippen LogP contribution is -2.03. The summed E-state index contributed by atoms with van der Waals surface area (Å²) in [6, 6.07) is 18.5. The average molecular weight is 334 g/mol. The molecule has 0 fully saturated rings. The molecule has 0 radical (unpaired) electrons. The summed E-state index contributed by atoms with van der Waals surface area (Å²) in [5.74, 6) is -0.225. The minimum atomic E-state index is -0.281. The van der Waals surface area contributed by atoms with Crippen LogP contribution in [0.3, 0.4) is 0 Å². The summed E-state index contributed by atoms with van der Waals surface area (Å²) in [6.45, 7) is 2.21. The van der Waals surface area contributed by atoms with Crippen molar-refractivity contribution in [1.82, 2.24) is 0 Å². The topological polar surface area (TPSA) is 17.1 Å². The monoisotopic (exact) mass is 334 g/mol. The van der Waals surface area contributed by atoms with Gasteiger partial charge in [-0.15, -0.1) is 0 Å². The maximum absolute atomic E-state index is 13.0. The molecule has 0 heterocycles. The van der Waals surface area contributed by atoms with Crippen LogP contribution in [0.4, 0.5) is 4.39 Å². The van der Waals surface area contributed by atoms with E-state index in [0.29, 0.717) is 12.0 Å². The number of aryl methyl sites for hydroxylation is 1. The van der Waals surface area contributed by atoms with Crippen LogP contribution < -0.4 is 0 Å². The van der Waals surface area contributed by atoms with Crippen LogP contribution in [-0.2, 0) is 12.8 Å². The van der Waals surface area contributed by atoms with Crippen LogP contribution in [-0.4, -0.2) is 5.78 Å². The minimum absolute atomic E-state index is 0.0560. The summed E-state index contributed by atoms with van der Waals surface area (Å²) in [7, 11) is 0. The van der Waals surface area contributed by atoms with Crippen LogP contribution in [0, 0.1) is 5.82 Å². The molecular formula is C23H23FO. The second kappa shape index (κ2) is 8.06. The van der Waals surface area contributed by atoms with Crippen molar-refractivity contribution < 1.29 is 9.18 Å². The Bertz CT molecular complexity index is 865. The standard InChI is InChI=1S/C23H23FO/c1-2-3-4-5-17-6-9-20-16-21(11-10-19(20)14-17)23(25)15-18-7-12-22(24)13-8-18/h6-14,16H,2-5,15H2,1H3. The number of halogens is 1. The molecule has 0 aliphatic carbocycles. The highest BCUT2D eigenvalue weighted by atomic mass is 19.1. The van der Waals surface area contributed by atoms with E-state index in [1.54, 1.807) is 12.1 Å². The van der Waals surface area contributed by atoms with E-state index in [2.05, 4.69) is 25.1 Å². The number of carbonyl (C=O) groups excluding carboxylic acids is 1. The van der Waals surface area contributed by atoms with Crippen LogP contribution in [0.15, 0.2) is 60.7 Å². The molecule has 0 amide bonds. The Morgan fingerprint density at radius 3 is 2.28 bits per heavy atom. The first-order valence-electron chi connectivity index (χ1n) is 8.96. The van der Waals surface area contributed by atoms with Crippen molar-refractivity contribution in [3.63, 3.8) is 0 Å². The van der Waals surface area contributed by atoms with E-state index < -0.39 is 0 Å². The fraction of sp³-hybridized carbons (Fsp3) is 0.261. The maximum atomic E-state index is 13.0. The van der Waals surface area contributed by atoms with Gasteiger partial charge < -0.3 is 0 Å². The second-order valence-electron chi connectivity index (χ2n) is 6.58. The summed E-state index contributed by atoms with van der Waals surface area (Å²) < 4.78 is 13.0. The predicted octanol–water partition coefficient (Wildman–Crippen LogP) is 6.14. The molecule has 0 N–H and O–H groups in total. The lowest BCUT2D eigenvalue weighted by atomic mass is 9.98. The van der Waals surface area contributed by atoms with E-state index in [1.807, 2.05) is 18.2 Å². The highest BCUT2D eigenvalue weighted by Gasteiger charge is 2.08. The van der Waals surface area contributed by atoms with Gasteiger partial charge in [0.1, 0.15) is 5.82 Å². The van der Waals surface area contributed by atoms with Crippen molar-refractivity contribution in [2.45, 2.75) is 39.0 Å². The van der Waals surface area contributed by atoms with E-state index >= 15 is 0 Å². The third kappa shape index (κ3) is 4.54. The third-order valence-corrected chi connectivity index (χ3v) is 4.57. The first kappa shape index (κ1) is 17.3. The number of hydrogen-bond donors (Lipinski definition) is 0. The highest BCUT2D eigenvalue weighted by Crippen LogP contribution is 2.20. The number of carbonyl (C=O) groups is 1. The molecule has 3 aromatic rings. The van der Waals surface area contributed by atoms with Crippen molar-refractivity contribution >= 4 is 16.6 Å². The molecule has 3 rings (SSSR count). The van der Waals surface area contributed by atoms with Gasteiger partial charge in [-0.25, -0.2) is 4.39 Å². The quantitative estimate of drug-likeness (QED) is 0.375. The first-order chi connectivity index (χ1) is 12.2. The molecule has 2 heteroatoms. The fourth-order valence-corrected chi connectivity index (χ4v) is 3.09. The van der Waals surface area contributed by atoms with Gasteiger partial charge in [0, 0.05) is 12.0 Å². The van der Waals surface area contributed by atoms with Gasteiger partial charge in [0.25, 0.3) is 0 Å². The van der Waals surface area contributed by atoms with Gasteiger partial charge in [-0.2, -0.15) is 0 Å². The Hall–Kier alpha value is -2.48. The minimum Gasteiger partial charge on any atom is -0.294 e. The molecule has 0 aliphatic heterocycles. The van der Waals surface area contributed by atoms with E-state index in [4.69, 9.17) is 0 Å². The SMILES string of the molecule is CCCCCc1ccc2cc(C(=O)Cc3ccc(F)cc3)ccc2c1. The zero-order chi connectivity index (χ0) is 17.6. The van der Waals surface area contributed by atoms with E-state index in [9.17, 15) is 9.18 Å². The average Bonchev–Trinajstić information content (AvgIpc) is 2.63. The Labute approximate surface area is 148 Å². The van der Waals surface area contributed by atoms with E-state index in [-0.39, 0.29) is 11.6 Å². The van der Waals surface area contributed by atoms with Crippen LogP contribution >= 0.6 is 0 Å². The molecule has 0 unspecified atom stereocenters. The number of rotatable bonds is 7. The molecule has 3 aromatic carbocycles. The molecule has 0 atom stereocenters. The number of unbranched alkanes of at least 4 members (excludes halogenated alkanes) is 2. The van der Waals surface area contributed by atoms with E-state index in [1.165, 1.54) is 42.3 Å². The number of Topliss-reactive ketones (excluding diaryl/α,β-unsaturated/α-hetero) is 1. The first-order valence-corrected chi connectivity index (χ1v) is 8.96. The largest absolute Gasteiger partial charge is 0.294 e. The van der Waals surface area contributed by atoms with Gasteiger partial charge in [-0.1, -0.05) is 62.2 Å². The lowest BCUT2D eigenvalue weighted by molar-refractivity contribution is 0.0993. The fourth-order valence-electron chi connectivity index (χ4n) is 3.09. The van der Waals surface area contributed by atoms with Gasteiger partial charge in [-0.3, -0.25) is 4.79 Å². The van der Waals surface area contributed by atoms with Crippen LogP contribution in [0.1, 0.15) is 47.7 Å². The molecular weight excluding hydrogens is 311 g/mol. The molecule has 0 spiro atoms. The Kier molecular flexibility index (Phi) is 5.60. The summed E-state index contributed by atoms with van der Waals surface area (Å²) >= 11 is 0. The Balaban J connectivity index is 1.75. The van der Waals surface area contributed by atoms with Gasteiger partial charge in [0.15, 0.2) is 5.78 Å². The third-order valence-electron chi connectivity index (χ3n) is 4.57. The van der Waals surface area contributed by atoms with Gasteiger partial charge in [0.05, 0.1) is 0 Å². The van der Waals surface area contributed by atoms with Crippen molar-refractivity contribution in [2.24, 2.45) is 0 Å². The molecule has 25 heavy (non-hydrogen) atoms. The smallest absolute Gasteiger partial charge is 0.167 e. The number of fused-ring (bicyclic) bond motifs is 1.